The van der Waals surface area contributed by atoms with E-state index in [0.717, 1.165) is 10.6 Å². The van der Waals surface area contributed by atoms with Crippen molar-refractivity contribution in [3.8, 4) is 11.3 Å². The quantitative estimate of drug-likeness (QED) is 0.398. The zero-order chi connectivity index (χ0) is 25.9. The van der Waals surface area contributed by atoms with Gasteiger partial charge in [0.15, 0.2) is 0 Å². The average molecular weight is 538 g/mol. The van der Waals surface area contributed by atoms with E-state index in [1.54, 1.807) is 54.6 Å². The van der Waals surface area contributed by atoms with Gasteiger partial charge in [-0.1, -0.05) is 23.2 Å². The Balaban J connectivity index is 1.30. The van der Waals surface area contributed by atoms with E-state index in [0.29, 0.717) is 32.8 Å². The van der Waals surface area contributed by atoms with E-state index in [4.69, 9.17) is 27.6 Å². The molecule has 1 saturated heterocycles. The molecule has 1 N–H and O–H groups in total. The highest BCUT2D eigenvalue weighted by atomic mass is 35.5. The second-order valence-corrected chi connectivity index (χ2v) is 8.82. The molecule has 2 aromatic carbocycles. The largest absolute Gasteiger partial charge is 0.471 e. The van der Waals surface area contributed by atoms with E-state index in [2.05, 4.69) is 5.32 Å². The van der Waals surface area contributed by atoms with Crippen LogP contribution in [0.2, 0.25) is 10.0 Å². The molecule has 188 valence electrons. The number of piperazine rings is 1. The molecule has 0 radical (unpaired) electrons. The van der Waals surface area contributed by atoms with Crippen LogP contribution in [0.4, 0.5) is 24.5 Å². The van der Waals surface area contributed by atoms with Crippen molar-refractivity contribution in [2.75, 3.05) is 36.4 Å². The summed E-state index contributed by atoms with van der Waals surface area (Å²) in [4.78, 5) is 26.4. The normalized spacial score (nSPS) is 14.4. The molecular weight excluding hydrogens is 518 g/mol. The van der Waals surface area contributed by atoms with Gasteiger partial charge in [-0.05, 0) is 60.7 Å². The first-order valence-electron chi connectivity index (χ1n) is 10.9. The Morgan fingerprint density at radius 2 is 1.64 bits per heavy atom. The zero-order valence-corrected chi connectivity index (χ0v) is 20.2. The number of furan rings is 1. The number of benzene rings is 2. The number of alkyl halides is 3. The predicted octanol–water partition coefficient (Wildman–Crippen LogP) is 6.12. The van der Waals surface area contributed by atoms with E-state index < -0.39 is 12.1 Å². The number of hydrogen-bond donors (Lipinski definition) is 1. The third kappa shape index (κ3) is 6.22. The minimum atomic E-state index is -4.86. The van der Waals surface area contributed by atoms with Crippen molar-refractivity contribution in [2.24, 2.45) is 0 Å². The summed E-state index contributed by atoms with van der Waals surface area (Å²) in [6.07, 6.45) is -2.00. The van der Waals surface area contributed by atoms with E-state index in [1.165, 1.54) is 12.2 Å². The molecule has 6 nitrogen and oxygen atoms in total. The highest BCUT2D eigenvalue weighted by Gasteiger charge is 2.43. The van der Waals surface area contributed by atoms with E-state index in [-0.39, 0.29) is 32.1 Å². The summed E-state index contributed by atoms with van der Waals surface area (Å²) in [5.74, 6) is -1.18. The van der Waals surface area contributed by atoms with Crippen molar-refractivity contribution in [2.45, 2.75) is 6.18 Å². The molecule has 4 rings (SSSR count). The molecule has 2 amide bonds. The fourth-order valence-electron chi connectivity index (χ4n) is 3.72. The first-order valence-corrected chi connectivity index (χ1v) is 11.6. The predicted molar refractivity (Wildman–Crippen MR) is 133 cm³/mol. The van der Waals surface area contributed by atoms with Crippen LogP contribution in [-0.2, 0) is 9.59 Å². The van der Waals surface area contributed by atoms with Gasteiger partial charge in [-0.15, -0.1) is 0 Å². The van der Waals surface area contributed by atoms with Gasteiger partial charge in [0.25, 0.3) is 0 Å². The summed E-state index contributed by atoms with van der Waals surface area (Å²) < 4.78 is 43.5. The van der Waals surface area contributed by atoms with Crippen LogP contribution in [0, 0.1) is 0 Å². The molecule has 36 heavy (non-hydrogen) atoms. The number of nitrogens with zero attached hydrogens (tertiary/aromatic N) is 2. The van der Waals surface area contributed by atoms with Crippen LogP contribution in [0.25, 0.3) is 17.4 Å². The van der Waals surface area contributed by atoms with E-state index in [9.17, 15) is 22.8 Å². The molecule has 1 aliphatic heterocycles. The van der Waals surface area contributed by atoms with E-state index in [1.807, 2.05) is 4.90 Å². The molecule has 11 heteroatoms. The first kappa shape index (κ1) is 25.7. The van der Waals surface area contributed by atoms with Crippen molar-refractivity contribution in [3.63, 3.8) is 0 Å². The molecule has 0 bridgehead atoms. The van der Waals surface area contributed by atoms with Crippen LogP contribution in [0.5, 0.6) is 0 Å². The lowest BCUT2D eigenvalue weighted by atomic mass is 10.2. The minimum absolute atomic E-state index is 0.0135. The number of rotatable bonds is 5. The maximum atomic E-state index is 12.6. The lowest BCUT2D eigenvalue weighted by Gasteiger charge is -2.36. The van der Waals surface area contributed by atoms with Gasteiger partial charge in [0.05, 0.1) is 5.02 Å². The molecule has 0 atom stereocenters. The average Bonchev–Trinajstić information content (AvgIpc) is 3.31. The lowest BCUT2D eigenvalue weighted by molar-refractivity contribution is -0.185. The molecule has 1 aromatic heterocycles. The maximum Gasteiger partial charge on any atom is 0.471 e. The summed E-state index contributed by atoms with van der Waals surface area (Å²) in [6.45, 7) is 0.534. The van der Waals surface area contributed by atoms with Crippen LogP contribution in [0.1, 0.15) is 5.76 Å². The van der Waals surface area contributed by atoms with Gasteiger partial charge in [0.1, 0.15) is 11.5 Å². The summed E-state index contributed by atoms with van der Waals surface area (Å²) in [5.41, 5.74) is 2.01. The number of amides is 2. The molecule has 1 fully saturated rings. The van der Waals surface area contributed by atoms with Crippen molar-refractivity contribution in [1.29, 1.82) is 0 Å². The topological polar surface area (TPSA) is 65.8 Å². The smallest absolute Gasteiger partial charge is 0.457 e. The number of nitrogens with one attached hydrogen (secondary N) is 1. The number of anilines is 2. The van der Waals surface area contributed by atoms with Gasteiger partial charge >= 0.3 is 12.1 Å². The van der Waals surface area contributed by atoms with E-state index >= 15 is 0 Å². The van der Waals surface area contributed by atoms with Gasteiger partial charge in [-0.2, -0.15) is 13.2 Å². The molecule has 0 saturated carbocycles. The van der Waals surface area contributed by atoms with Crippen LogP contribution in [-0.4, -0.2) is 49.1 Å². The van der Waals surface area contributed by atoms with Gasteiger partial charge in [-0.3, -0.25) is 9.59 Å². The first-order chi connectivity index (χ1) is 17.1. The SMILES string of the molecule is O=C(/C=C/c1ccc(-c2ccc(Cl)cc2Cl)o1)Nc1ccc(N2CCN(C(=O)C(F)(F)F)CC2)cc1. The van der Waals surface area contributed by atoms with Crippen molar-refractivity contribution in [1.82, 2.24) is 4.90 Å². The van der Waals surface area contributed by atoms with Gasteiger partial charge < -0.3 is 19.5 Å². The number of hydrogen-bond acceptors (Lipinski definition) is 4. The molecule has 3 aromatic rings. The van der Waals surface area contributed by atoms with Gasteiger partial charge in [0, 0.05) is 54.2 Å². The van der Waals surface area contributed by atoms with Crippen molar-refractivity contribution < 1.29 is 27.2 Å². The Morgan fingerprint density at radius 1 is 0.944 bits per heavy atom. The summed E-state index contributed by atoms with van der Waals surface area (Å²) in [7, 11) is 0. The Bertz CT molecular complexity index is 1280. The molecular formula is C25H20Cl2F3N3O3. The Morgan fingerprint density at radius 3 is 2.28 bits per heavy atom. The fourth-order valence-corrected chi connectivity index (χ4v) is 4.22. The second kappa shape index (κ2) is 10.7. The minimum Gasteiger partial charge on any atom is -0.457 e. The van der Waals surface area contributed by atoms with Gasteiger partial charge in [-0.25, -0.2) is 0 Å². The van der Waals surface area contributed by atoms with Gasteiger partial charge in [0.2, 0.25) is 5.91 Å². The highest BCUT2D eigenvalue weighted by molar-refractivity contribution is 6.36. The Hall–Kier alpha value is -3.43. The van der Waals surface area contributed by atoms with Crippen LogP contribution < -0.4 is 10.2 Å². The number of carbonyl (C=O) groups is 2. The molecule has 1 aliphatic rings. The van der Waals surface area contributed by atoms with Crippen molar-refractivity contribution in [3.05, 3.63) is 76.5 Å². The molecule has 0 aliphatic carbocycles. The summed E-state index contributed by atoms with van der Waals surface area (Å²) >= 11 is 12.1. The highest BCUT2D eigenvalue weighted by Crippen LogP contribution is 2.32. The lowest BCUT2D eigenvalue weighted by Crippen LogP contribution is -2.52. The third-order valence-electron chi connectivity index (χ3n) is 5.53. The van der Waals surface area contributed by atoms with Crippen molar-refractivity contribution >= 4 is 52.5 Å². The Kier molecular flexibility index (Phi) is 7.61. The monoisotopic (exact) mass is 537 g/mol. The van der Waals surface area contributed by atoms with Crippen LogP contribution in [0.15, 0.2) is 65.1 Å². The third-order valence-corrected chi connectivity index (χ3v) is 6.08. The summed E-state index contributed by atoms with van der Waals surface area (Å²) in [5, 5.41) is 3.70. The fraction of sp³-hybridized carbons (Fsp3) is 0.200. The van der Waals surface area contributed by atoms with Crippen LogP contribution >= 0.6 is 23.2 Å². The summed E-state index contributed by atoms with van der Waals surface area (Å²) in [6, 6.07) is 15.4. The Labute approximate surface area is 214 Å². The molecule has 0 spiro atoms. The number of halogens is 5. The molecule has 2 heterocycles. The standard InChI is InChI=1S/C25H20Cl2F3N3O3/c26-16-1-8-20(21(27)15-16)22-9-6-19(36-22)7-10-23(34)31-17-2-4-18(5-3-17)32-11-13-33(14-12-32)24(35)25(28,29)30/h1-10,15H,11-14H2,(H,31,34)/b10-7+. The molecule has 0 unspecified atom stereocenters. The number of carbonyl (C=O) groups excluding carboxylic acids is 2. The zero-order valence-electron chi connectivity index (χ0n) is 18.7. The maximum absolute atomic E-state index is 12.6. The van der Waals surface area contributed by atoms with Crippen LogP contribution in [0.3, 0.4) is 0 Å². The second-order valence-electron chi connectivity index (χ2n) is 7.97.